The Hall–Kier alpha value is -2.55. The van der Waals surface area contributed by atoms with Gasteiger partial charge in [0.15, 0.2) is 0 Å². The van der Waals surface area contributed by atoms with Crippen molar-refractivity contribution >= 4 is 23.4 Å². The Bertz CT molecular complexity index is 619. The second-order valence-corrected chi connectivity index (χ2v) is 5.05. The first kappa shape index (κ1) is 16.8. The fraction of sp³-hybridized carbons (Fsp3) is 0.357. The van der Waals surface area contributed by atoms with Gasteiger partial charge in [-0.15, -0.1) is 0 Å². The molecule has 3 amide bonds. The van der Waals surface area contributed by atoms with Gasteiger partial charge in [-0.1, -0.05) is 0 Å². The second kappa shape index (κ2) is 6.69. The van der Waals surface area contributed by atoms with Crippen molar-refractivity contribution < 1.29 is 23.2 Å². The standard InChI is InChI=1S/C14H16F2N4O3/c15-14(16,7-17)8-18-13(23)9-1-3-10(4-2-9)20-12(22)6-5-11(21)19-20/h1-4H,5-8,17H2,(H,18,23)(H,19,21). The number of nitrogens with two attached hydrogens (primary N) is 1. The van der Waals surface area contributed by atoms with Crippen LogP contribution in [0.3, 0.4) is 0 Å². The van der Waals surface area contributed by atoms with Crippen molar-refractivity contribution in [3.05, 3.63) is 29.8 Å². The molecule has 1 fully saturated rings. The average Bonchev–Trinajstić information content (AvgIpc) is 2.55. The molecule has 1 aromatic carbocycles. The third-order valence-corrected chi connectivity index (χ3v) is 3.25. The van der Waals surface area contributed by atoms with Crippen LogP contribution in [0.5, 0.6) is 0 Å². The second-order valence-electron chi connectivity index (χ2n) is 5.05. The largest absolute Gasteiger partial charge is 0.346 e. The van der Waals surface area contributed by atoms with E-state index in [0.717, 1.165) is 5.01 Å². The number of amides is 3. The fourth-order valence-electron chi connectivity index (χ4n) is 1.93. The first-order valence-electron chi connectivity index (χ1n) is 6.91. The Morgan fingerprint density at radius 3 is 2.52 bits per heavy atom. The number of anilines is 1. The topological polar surface area (TPSA) is 105 Å². The molecule has 23 heavy (non-hydrogen) atoms. The molecule has 7 nitrogen and oxygen atoms in total. The minimum atomic E-state index is -3.17. The molecular formula is C14H16F2N4O3. The number of hydrogen-bond donors (Lipinski definition) is 3. The summed E-state index contributed by atoms with van der Waals surface area (Å²) in [6.07, 6.45) is 0.230. The average molecular weight is 326 g/mol. The van der Waals surface area contributed by atoms with Gasteiger partial charge in [-0.25, -0.2) is 13.8 Å². The van der Waals surface area contributed by atoms with Crippen molar-refractivity contribution in [1.82, 2.24) is 10.7 Å². The monoisotopic (exact) mass is 326 g/mol. The van der Waals surface area contributed by atoms with Crippen LogP contribution in [-0.2, 0) is 9.59 Å². The van der Waals surface area contributed by atoms with Crippen LogP contribution in [0, 0.1) is 0 Å². The van der Waals surface area contributed by atoms with Gasteiger partial charge in [0.25, 0.3) is 11.8 Å². The molecular weight excluding hydrogens is 310 g/mol. The fourth-order valence-corrected chi connectivity index (χ4v) is 1.93. The van der Waals surface area contributed by atoms with Crippen LogP contribution in [0.25, 0.3) is 0 Å². The normalized spacial score (nSPS) is 15.3. The zero-order chi connectivity index (χ0) is 17.0. The molecule has 0 aromatic heterocycles. The maximum Gasteiger partial charge on any atom is 0.277 e. The highest BCUT2D eigenvalue weighted by molar-refractivity contribution is 6.01. The molecule has 0 aliphatic carbocycles. The number of hydrazine groups is 1. The number of carbonyl (C=O) groups is 3. The Morgan fingerprint density at radius 2 is 1.91 bits per heavy atom. The predicted octanol–water partition coefficient (Wildman–Crippen LogP) is 0.168. The summed E-state index contributed by atoms with van der Waals surface area (Å²) in [6, 6.07) is 5.64. The van der Waals surface area contributed by atoms with E-state index in [1.54, 1.807) is 0 Å². The van der Waals surface area contributed by atoms with E-state index in [2.05, 4.69) is 10.7 Å². The Morgan fingerprint density at radius 1 is 1.26 bits per heavy atom. The molecule has 0 saturated carbocycles. The summed E-state index contributed by atoms with van der Waals surface area (Å²) in [6.45, 7) is -1.71. The number of nitrogens with one attached hydrogen (secondary N) is 2. The summed E-state index contributed by atoms with van der Waals surface area (Å²) >= 11 is 0. The molecule has 124 valence electrons. The van der Waals surface area contributed by atoms with Gasteiger partial charge in [0, 0.05) is 18.4 Å². The molecule has 0 atom stereocenters. The summed E-state index contributed by atoms with van der Waals surface area (Å²) in [5.41, 5.74) is 7.83. The summed E-state index contributed by atoms with van der Waals surface area (Å²) in [5, 5.41) is 3.18. The number of nitrogens with zero attached hydrogens (tertiary/aromatic N) is 1. The van der Waals surface area contributed by atoms with Gasteiger partial charge in [-0.05, 0) is 24.3 Å². The van der Waals surface area contributed by atoms with Gasteiger partial charge in [-0.3, -0.25) is 19.8 Å². The first-order chi connectivity index (χ1) is 10.8. The van der Waals surface area contributed by atoms with Crippen molar-refractivity contribution in [2.24, 2.45) is 5.73 Å². The SMILES string of the molecule is NCC(F)(F)CNC(=O)c1ccc(N2NC(=O)CCC2=O)cc1. The maximum atomic E-state index is 13.0. The first-order valence-corrected chi connectivity index (χ1v) is 6.91. The third-order valence-electron chi connectivity index (χ3n) is 3.25. The van der Waals surface area contributed by atoms with Crippen LogP contribution in [0.2, 0.25) is 0 Å². The van der Waals surface area contributed by atoms with Crippen molar-refractivity contribution in [1.29, 1.82) is 0 Å². The van der Waals surface area contributed by atoms with Crippen LogP contribution in [0.1, 0.15) is 23.2 Å². The Kier molecular flexibility index (Phi) is 4.89. The third kappa shape index (κ3) is 4.22. The van der Waals surface area contributed by atoms with E-state index in [1.807, 2.05) is 0 Å². The molecule has 9 heteroatoms. The quantitative estimate of drug-likeness (QED) is 0.717. The molecule has 0 bridgehead atoms. The summed E-state index contributed by atoms with van der Waals surface area (Å²) in [5.74, 6) is -4.40. The van der Waals surface area contributed by atoms with Crippen molar-refractivity contribution in [3.8, 4) is 0 Å². The van der Waals surface area contributed by atoms with E-state index in [1.165, 1.54) is 24.3 Å². The minimum Gasteiger partial charge on any atom is -0.346 e. The number of alkyl halides is 2. The number of halogens is 2. The van der Waals surface area contributed by atoms with Crippen LogP contribution < -0.4 is 21.5 Å². The molecule has 0 spiro atoms. The van der Waals surface area contributed by atoms with E-state index in [9.17, 15) is 23.2 Å². The lowest BCUT2D eigenvalue weighted by molar-refractivity contribution is -0.130. The molecule has 1 aliphatic rings. The van der Waals surface area contributed by atoms with Crippen molar-refractivity contribution in [2.75, 3.05) is 18.1 Å². The van der Waals surface area contributed by atoms with E-state index in [4.69, 9.17) is 5.73 Å². The van der Waals surface area contributed by atoms with Gasteiger partial charge < -0.3 is 11.1 Å². The van der Waals surface area contributed by atoms with E-state index < -0.39 is 24.9 Å². The lowest BCUT2D eigenvalue weighted by Crippen LogP contribution is -2.50. The van der Waals surface area contributed by atoms with Crippen LogP contribution in [0.15, 0.2) is 24.3 Å². The molecule has 1 heterocycles. The minimum absolute atomic E-state index is 0.0994. The van der Waals surface area contributed by atoms with Crippen LogP contribution in [-0.4, -0.2) is 36.7 Å². The summed E-state index contributed by atoms with van der Waals surface area (Å²) in [4.78, 5) is 34.8. The molecule has 1 aliphatic heterocycles. The molecule has 0 radical (unpaired) electrons. The smallest absolute Gasteiger partial charge is 0.277 e. The van der Waals surface area contributed by atoms with E-state index >= 15 is 0 Å². The lowest BCUT2D eigenvalue weighted by atomic mass is 10.1. The number of rotatable bonds is 5. The zero-order valence-corrected chi connectivity index (χ0v) is 12.1. The van der Waals surface area contributed by atoms with Gasteiger partial charge >= 0.3 is 0 Å². The molecule has 1 saturated heterocycles. The van der Waals surface area contributed by atoms with Crippen molar-refractivity contribution in [3.63, 3.8) is 0 Å². The summed E-state index contributed by atoms with van der Waals surface area (Å²) < 4.78 is 26.0. The molecule has 2 rings (SSSR count). The van der Waals surface area contributed by atoms with Gasteiger partial charge in [0.1, 0.15) is 0 Å². The lowest BCUT2D eigenvalue weighted by Gasteiger charge is -2.27. The number of hydrogen-bond acceptors (Lipinski definition) is 4. The van der Waals surface area contributed by atoms with Crippen LogP contribution in [0.4, 0.5) is 14.5 Å². The van der Waals surface area contributed by atoms with Crippen LogP contribution >= 0.6 is 0 Å². The number of benzene rings is 1. The molecule has 1 aromatic rings. The van der Waals surface area contributed by atoms with Crippen molar-refractivity contribution in [2.45, 2.75) is 18.8 Å². The highest BCUT2D eigenvalue weighted by Crippen LogP contribution is 2.18. The maximum absolute atomic E-state index is 13.0. The van der Waals surface area contributed by atoms with E-state index in [0.29, 0.717) is 5.69 Å². The molecule has 0 unspecified atom stereocenters. The van der Waals surface area contributed by atoms with Gasteiger partial charge in [-0.2, -0.15) is 0 Å². The molecule has 4 N–H and O–H groups in total. The Balaban J connectivity index is 2.03. The summed E-state index contributed by atoms with van der Waals surface area (Å²) in [7, 11) is 0. The zero-order valence-electron chi connectivity index (χ0n) is 12.1. The number of carbonyl (C=O) groups excluding carboxylic acids is 3. The highest BCUT2D eigenvalue weighted by Gasteiger charge is 2.27. The predicted molar refractivity (Wildman–Crippen MR) is 77.6 cm³/mol. The van der Waals surface area contributed by atoms with E-state index in [-0.39, 0.29) is 30.2 Å². The van der Waals surface area contributed by atoms with Gasteiger partial charge in [0.2, 0.25) is 11.8 Å². The highest BCUT2D eigenvalue weighted by atomic mass is 19.3. The Labute approximate surface area is 130 Å². The van der Waals surface area contributed by atoms with Gasteiger partial charge in [0.05, 0.1) is 18.8 Å².